The van der Waals surface area contributed by atoms with E-state index in [4.69, 9.17) is 5.73 Å². The highest BCUT2D eigenvalue weighted by Gasteiger charge is 2.30. The molecular weight excluding hydrogens is 269 g/mol. The lowest BCUT2D eigenvalue weighted by molar-refractivity contribution is -0.137. The Labute approximate surface area is 114 Å². The van der Waals surface area contributed by atoms with Gasteiger partial charge in [-0.15, -0.1) is 0 Å². The van der Waals surface area contributed by atoms with Gasteiger partial charge in [0.15, 0.2) is 0 Å². The Morgan fingerprint density at radius 2 is 2.05 bits per heavy atom. The monoisotopic (exact) mass is 284 g/mol. The SMILES string of the molecule is CCn1cc(CC(N)c2ccc(C(F)(F)F)cn2)cn1. The molecule has 0 aromatic carbocycles. The van der Waals surface area contributed by atoms with Crippen LogP contribution in [0.25, 0.3) is 0 Å². The molecule has 1 atom stereocenters. The first-order chi connectivity index (χ1) is 9.40. The van der Waals surface area contributed by atoms with Gasteiger partial charge in [-0.2, -0.15) is 18.3 Å². The lowest BCUT2D eigenvalue weighted by Crippen LogP contribution is -2.15. The van der Waals surface area contributed by atoms with E-state index >= 15 is 0 Å². The fourth-order valence-corrected chi connectivity index (χ4v) is 1.84. The molecule has 7 heteroatoms. The van der Waals surface area contributed by atoms with E-state index in [0.717, 1.165) is 24.4 Å². The number of rotatable bonds is 4. The van der Waals surface area contributed by atoms with Crippen LogP contribution in [0.3, 0.4) is 0 Å². The van der Waals surface area contributed by atoms with Crippen molar-refractivity contribution in [1.29, 1.82) is 0 Å². The lowest BCUT2D eigenvalue weighted by atomic mass is 10.1. The van der Waals surface area contributed by atoms with E-state index in [9.17, 15) is 13.2 Å². The van der Waals surface area contributed by atoms with Crippen molar-refractivity contribution in [1.82, 2.24) is 14.8 Å². The summed E-state index contributed by atoms with van der Waals surface area (Å²) < 4.78 is 39.0. The number of aryl methyl sites for hydroxylation is 1. The summed E-state index contributed by atoms with van der Waals surface area (Å²) in [6.07, 6.45) is 0.484. The quantitative estimate of drug-likeness (QED) is 0.938. The number of pyridine rings is 1. The van der Waals surface area contributed by atoms with Gasteiger partial charge in [-0.1, -0.05) is 0 Å². The molecule has 1 unspecified atom stereocenters. The molecule has 0 saturated heterocycles. The van der Waals surface area contributed by atoms with Crippen LogP contribution in [-0.2, 0) is 19.1 Å². The van der Waals surface area contributed by atoms with Crippen LogP contribution in [0.1, 0.15) is 29.8 Å². The maximum absolute atomic E-state index is 12.4. The Hall–Kier alpha value is -1.89. The predicted octanol–water partition coefficient (Wildman–Crippen LogP) is 2.56. The average molecular weight is 284 g/mol. The Morgan fingerprint density at radius 1 is 1.30 bits per heavy atom. The molecule has 2 N–H and O–H groups in total. The first kappa shape index (κ1) is 14.5. The third-order valence-electron chi connectivity index (χ3n) is 2.96. The highest BCUT2D eigenvalue weighted by Crippen LogP contribution is 2.29. The van der Waals surface area contributed by atoms with Gasteiger partial charge in [0.05, 0.1) is 23.5 Å². The Bertz CT molecular complexity index is 560. The van der Waals surface area contributed by atoms with Crippen LogP contribution in [0.4, 0.5) is 13.2 Å². The zero-order chi connectivity index (χ0) is 14.8. The molecule has 0 saturated carbocycles. The van der Waals surface area contributed by atoms with Crippen LogP contribution >= 0.6 is 0 Å². The number of hydrogen-bond acceptors (Lipinski definition) is 3. The summed E-state index contributed by atoms with van der Waals surface area (Å²) in [5.41, 5.74) is 6.55. The van der Waals surface area contributed by atoms with Crippen LogP contribution < -0.4 is 5.73 Å². The number of hydrogen-bond donors (Lipinski definition) is 1. The van der Waals surface area contributed by atoms with Crippen molar-refractivity contribution >= 4 is 0 Å². The van der Waals surface area contributed by atoms with Crippen molar-refractivity contribution in [3.63, 3.8) is 0 Å². The summed E-state index contributed by atoms with van der Waals surface area (Å²) in [5, 5.41) is 4.12. The van der Waals surface area contributed by atoms with Gasteiger partial charge in [0.2, 0.25) is 0 Å². The van der Waals surface area contributed by atoms with E-state index in [1.807, 2.05) is 13.1 Å². The predicted molar refractivity (Wildman–Crippen MR) is 67.8 cm³/mol. The number of alkyl halides is 3. The van der Waals surface area contributed by atoms with Crippen molar-refractivity contribution in [3.05, 3.63) is 47.5 Å². The molecule has 2 aromatic heterocycles. The van der Waals surface area contributed by atoms with Gasteiger partial charge >= 0.3 is 6.18 Å². The van der Waals surface area contributed by atoms with Crippen molar-refractivity contribution in [3.8, 4) is 0 Å². The van der Waals surface area contributed by atoms with Crippen LogP contribution in [-0.4, -0.2) is 14.8 Å². The second-order valence-electron chi connectivity index (χ2n) is 4.48. The third kappa shape index (κ3) is 3.36. The van der Waals surface area contributed by atoms with Crippen molar-refractivity contribution < 1.29 is 13.2 Å². The Kier molecular flexibility index (Phi) is 4.08. The molecule has 2 aromatic rings. The highest BCUT2D eigenvalue weighted by atomic mass is 19.4. The minimum atomic E-state index is -4.38. The molecule has 0 fully saturated rings. The number of nitrogens with two attached hydrogens (primary N) is 1. The highest BCUT2D eigenvalue weighted by molar-refractivity contribution is 5.20. The van der Waals surface area contributed by atoms with Gasteiger partial charge in [0.25, 0.3) is 0 Å². The standard InChI is InChI=1S/C13H15F3N4/c1-2-20-8-9(6-19-20)5-11(17)12-4-3-10(7-18-12)13(14,15)16/h3-4,6-8,11H,2,5,17H2,1H3. The molecule has 4 nitrogen and oxygen atoms in total. The lowest BCUT2D eigenvalue weighted by Gasteiger charge is -2.11. The van der Waals surface area contributed by atoms with E-state index in [2.05, 4.69) is 10.1 Å². The fourth-order valence-electron chi connectivity index (χ4n) is 1.84. The number of nitrogens with zero attached hydrogens (tertiary/aromatic N) is 3. The largest absolute Gasteiger partial charge is 0.417 e. The molecule has 20 heavy (non-hydrogen) atoms. The molecule has 0 amide bonds. The molecule has 2 rings (SSSR count). The van der Waals surface area contributed by atoms with Gasteiger partial charge in [0, 0.05) is 18.9 Å². The van der Waals surface area contributed by atoms with Gasteiger partial charge in [-0.25, -0.2) is 0 Å². The van der Waals surface area contributed by atoms with Crippen LogP contribution in [0.2, 0.25) is 0 Å². The van der Waals surface area contributed by atoms with Crippen LogP contribution in [0, 0.1) is 0 Å². The average Bonchev–Trinajstić information content (AvgIpc) is 2.85. The molecule has 0 spiro atoms. The smallest absolute Gasteiger partial charge is 0.322 e. The minimum absolute atomic E-state index is 0.433. The van der Waals surface area contributed by atoms with E-state index in [-0.39, 0.29) is 0 Å². The second kappa shape index (κ2) is 5.62. The zero-order valence-electron chi connectivity index (χ0n) is 10.9. The van der Waals surface area contributed by atoms with Crippen molar-refractivity contribution in [2.24, 2.45) is 5.73 Å². The zero-order valence-corrected chi connectivity index (χ0v) is 10.9. The van der Waals surface area contributed by atoms with Crippen molar-refractivity contribution in [2.75, 3.05) is 0 Å². The van der Waals surface area contributed by atoms with E-state index < -0.39 is 17.8 Å². The molecule has 0 bridgehead atoms. The molecule has 108 valence electrons. The topological polar surface area (TPSA) is 56.7 Å². The van der Waals surface area contributed by atoms with Crippen LogP contribution in [0.15, 0.2) is 30.7 Å². The first-order valence-corrected chi connectivity index (χ1v) is 6.20. The fraction of sp³-hybridized carbons (Fsp3) is 0.385. The number of halogens is 3. The van der Waals surface area contributed by atoms with E-state index in [1.165, 1.54) is 6.07 Å². The minimum Gasteiger partial charge on any atom is -0.322 e. The molecular formula is C13H15F3N4. The van der Waals surface area contributed by atoms with E-state index in [0.29, 0.717) is 12.1 Å². The summed E-state index contributed by atoms with van der Waals surface area (Å²) >= 11 is 0. The molecule has 2 heterocycles. The molecule has 0 aliphatic heterocycles. The first-order valence-electron chi connectivity index (χ1n) is 6.20. The maximum Gasteiger partial charge on any atom is 0.417 e. The summed E-state index contributed by atoms with van der Waals surface area (Å²) in [5.74, 6) is 0. The summed E-state index contributed by atoms with van der Waals surface area (Å²) in [6.45, 7) is 2.72. The molecule has 0 aliphatic carbocycles. The summed E-state index contributed by atoms with van der Waals surface area (Å²) in [6, 6.07) is 1.86. The summed E-state index contributed by atoms with van der Waals surface area (Å²) in [7, 11) is 0. The maximum atomic E-state index is 12.4. The van der Waals surface area contributed by atoms with Crippen molar-refractivity contribution in [2.45, 2.75) is 32.1 Å². The number of aromatic nitrogens is 3. The van der Waals surface area contributed by atoms with Gasteiger partial charge in [-0.3, -0.25) is 9.67 Å². The van der Waals surface area contributed by atoms with Gasteiger partial charge in [0.1, 0.15) is 0 Å². The second-order valence-corrected chi connectivity index (χ2v) is 4.48. The molecule has 0 radical (unpaired) electrons. The Balaban J connectivity index is 2.07. The summed E-state index contributed by atoms with van der Waals surface area (Å²) in [4.78, 5) is 3.80. The van der Waals surface area contributed by atoms with E-state index in [1.54, 1.807) is 10.9 Å². The van der Waals surface area contributed by atoms with Gasteiger partial charge in [-0.05, 0) is 31.0 Å². The van der Waals surface area contributed by atoms with Gasteiger partial charge < -0.3 is 5.73 Å². The Morgan fingerprint density at radius 3 is 2.55 bits per heavy atom. The van der Waals surface area contributed by atoms with Crippen LogP contribution in [0.5, 0.6) is 0 Å². The normalized spacial score (nSPS) is 13.4. The molecule has 0 aliphatic rings. The third-order valence-corrected chi connectivity index (χ3v) is 2.96.